The summed E-state index contributed by atoms with van der Waals surface area (Å²) in [6.07, 6.45) is 4.78. The van der Waals surface area contributed by atoms with Gasteiger partial charge in [-0.1, -0.05) is 12.8 Å². The molecule has 2 atom stereocenters. The van der Waals surface area contributed by atoms with Gasteiger partial charge in [-0.25, -0.2) is 0 Å². The molecule has 0 unspecified atom stereocenters. The Balaban J connectivity index is 2.24. The van der Waals surface area contributed by atoms with E-state index in [0.717, 1.165) is 38.6 Å². The molecule has 1 aliphatic heterocycles. The van der Waals surface area contributed by atoms with Crippen molar-refractivity contribution in [2.45, 2.75) is 44.5 Å². The zero-order chi connectivity index (χ0) is 12.0. The molecule has 0 amide bonds. The Morgan fingerprint density at radius 3 is 2.75 bits per heavy atom. The average Bonchev–Trinajstić information content (AvgIpc) is 2.24. The third-order valence-electron chi connectivity index (χ3n) is 3.14. The first-order valence-electron chi connectivity index (χ1n) is 5.93. The standard InChI is InChI=1S/C10H20BNO4/c13-10(14)9-8(5-3-7-12-9)4-1-2-6-11(15)16/h8-9,12,15-16H,1-7H2,(H,13,14)/t8-,9+/m1/s1. The number of aliphatic carboxylic acids is 1. The monoisotopic (exact) mass is 229 g/mol. The van der Waals surface area contributed by atoms with Gasteiger partial charge in [-0.05, 0) is 38.0 Å². The molecule has 0 aromatic rings. The van der Waals surface area contributed by atoms with E-state index in [1.807, 2.05) is 0 Å². The van der Waals surface area contributed by atoms with E-state index in [1.54, 1.807) is 0 Å². The van der Waals surface area contributed by atoms with E-state index in [9.17, 15) is 4.79 Å². The van der Waals surface area contributed by atoms with Crippen molar-refractivity contribution >= 4 is 13.1 Å². The highest BCUT2D eigenvalue weighted by Crippen LogP contribution is 2.23. The van der Waals surface area contributed by atoms with Gasteiger partial charge in [0.2, 0.25) is 0 Å². The number of unbranched alkanes of at least 4 members (excludes halogenated alkanes) is 1. The van der Waals surface area contributed by atoms with Crippen molar-refractivity contribution in [3.63, 3.8) is 0 Å². The molecular weight excluding hydrogens is 209 g/mol. The minimum atomic E-state index is -1.24. The van der Waals surface area contributed by atoms with Gasteiger partial charge in [-0.3, -0.25) is 4.79 Å². The number of carboxylic acid groups (broad SMARTS) is 1. The molecule has 6 heteroatoms. The number of rotatable bonds is 6. The Labute approximate surface area is 96.0 Å². The van der Waals surface area contributed by atoms with Gasteiger partial charge < -0.3 is 20.5 Å². The van der Waals surface area contributed by atoms with Gasteiger partial charge in [-0.15, -0.1) is 0 Å². The Hall–Kier alpha value is -0.585. The highest BCUT2D eigenvalue weighted by atomic mass is 16.4. The maximum Gasteiger partial charge on any atom is 0.451 e. The van der Waals surface area contributed by atoms with Crippen LogP contribution >= 0.6 is 0 Å². The second kappa shape index (κ2) is 6.88. The lowest BCUT2D eigenvalue weighted by molar-refractivity contribution is -0.141. The predicted molar refractivity (Wildman–Crippen MR) is 61.0 cm³/mol. The summed E-state index contributed by atoms with van der Waals surface area (Å²) in [5, 5.41) is 29.4. The van der Waals surface area contributed by atoms with Crippen LogP contribution in [0.2, 0.25) is 6.32 Å². The van der Waals surface area contributed by atoms with Crippen LogP contribution < -0.4 is 5.32 Å². The van der Waals surface area contributed by atoms with Crippen LogP contribution in [-0.4, -0.2) is 40.8 Å². The summed E-state index contributed by atoms with van der Waals surface area (Å²) < 4.78 is 0. The third-order valence-corrected chi connectivity index (χ3v) is 3.14. The van der Waals surface area contributed by atoms with Crippen LogP contribution in [0.25, 0.3) is 0 Å². The highest BCUT2D eigenvalue weighted by molar-refractivity contribution is 6.40. The molecule has 0 radical (unpaired) electrons. The molecule has 1 aliphatic rings. The molecule has 92 valence electrons. The van der Waals surface area contributed by atoms with Crippen molar-refractivity contribution in [2.75, 3.05) is 6.54 Å². The summed E-state index contributed by atoms with van der Waals surface area (Å²) >= 11 is 0. The molecule has 1 saturated heterocycles. The maximum absolute atomic E-state index is 11.0. The van der Waals surface area contributed by atoms with Gasteiger partial charge in [0, 0.05) is 0 Å². The fourth-order valence-electron chi connectivity index (χ4n) is 2.29. The summed E-state index contributed by atoms with van der Waals surface area (Å²) in [7, 11) is -1.24. The van der Waals surface area contributed by atoms with Crippen LogP contribution in [0.3, 0.4) is 0 Å². The predicted octanol–water partition coefficient (Wildman–Crippen LogP) is 0.0823. The molecule has 1 rings (SSSR count). The average molecular weight is 229 g/mol. The summed E-state index contributed by atoms with van der Waals surface area (Å²) in [6.45, 7) is 0.781. The minimum absolute atomic E-state index is 0.182. The summed E-state index contributed by atoms with van der Waals surface area (Å²) in [5.41, 5.74) is 0. The summed E-state index contributed by atoms with van der Waals surface area (Å²) in [4.78, 5) is 11.0. The molecule has 0 bridgehead atoms. The van der Waals surface area contributed by atoms with E-state index < -0.39 is 19.1 Å². The number of carbonyl (C=O) groups is 1. The Morgan fingerprint density at radius 1 is 1.38 bits per heavy atom. The molecule has 0 aliphatic carbocycles. The third kappa shape index (κ3) is 4.51. The molecule has 4 N–H and O–H groups in total. The van der Waals surface area contributed by atoms with Gasteiger partial charge >= 0.3 is 13.1 Å². The van der Waals surface area contributed by atoms with Gasteiger partial charge in [-0.2, -0.15) is 0 Å². The summed E-state index contributed by atoms with van der Waals surface area (Å²) in [5.74, 6) is -0.589. The first-order valence-corrected chi connectivity index (χ1v) is 5.93. The largest absolute Gasteiger partial charge is 0.480 e. The van der Waals surface area contributed by atoms with Gasteiger partial charge in [0.25, 0.3) is 0 Å². The second-order valence-electron chi connectivity index (χ2n) is 4.44. The molecular formula is C10H20BNO4. The van der Waals surface area contributed by atoms with Crippen molar-refractivity contribution in [3.8, 4) is 0 Å². The van der Waals surface area contributed by atoms with Crippen LogP contribution in [0.5, 0.6) is 0 Å². The Kier molecular flexibility index (Phi) is 5.80. The van der Waals surface area contributed by atoms with E-state index in [4.69, 9.17) is 15.2 Å². The quantitative estimate of drug-likeness (QED) is 0.382. The van der Waals surface area contributed by atoms with Crippen molar-refractivity contribution in [1.82, 2.24) is 5.32 Å². The zero-order valence-corrected chi connectivity index (χ0v) is 9.43. The lowest BCUT2D eigenvalue weighted by Gasteiger charge is -2.29. The maximum atomic E-state index is 11.0. The van der Waals surface area contributed by atoms with Crippen LogP contribution in [0.1, 0.15) is 32.1 Å². The van der Waals surface area contributed by atoms with Gasteiger partial charge in [0.15, 0.2) is 0 Å². The fourth-order valence-corrected chi connectivity index (χ4v) is 2.29. The van der Waals surface area contributed by atoms with Gasteiger partial charge in [0.1, 0.15) is 6.04 Å². The first-order chi connectivity index (χ1) is 7.61. The van der Waals surface area contributed by atoms with Crippen molar-refractivity contribution in [2.24, 2.45) is 5.92 Å². The lowest BCUT2D eigenvalue weighted by atomic mass is 9.81. The zero-order valence-electron chi connectivity index (χ0n) is 9.43. The molecule has 0 saturated carbocycles. The number of hydrogen-bond donors (Lipinski definition) is 4. The van der Waals surface area contributed by atoms with E-state index >= 15 is 0 Å². The van der Waals surface area contributed by atoms with Gasteiger partial charge in [0.05, 0.1) is 0 Å². The molecule has 16 heavy (non-hydrogen) atoms. The number of hydrogen-bond acceptors (Lipinski definition) is 4. The van der Waals surface area contributed by atoms with Crippen LogP contribution in [0, 0.1) is 5.92 Å². The van der Waals surface area contributed by atoms with E-state index in [-0.39, 0.29) is 5.92 Å². The topological polar surface area (TPSA) is 89.8 Å². The van der Waals surface area contributed by atoms with Crippen molar-refractivity contribution in [3.05, 3.63) is 0 Å². The number of nitrogens with one attached hydrogen (secondary N) is 1. The molecule has 1 fully saturated rings. The van der Waals surface area contributed by atoms with E-state index in [2.05, 4.69) is 5.32 Å². The normalized spacial score (nSPS) is 25.4. The first kappa shape index (κ1) is 13.5. The second-order valence-corrected chi connectivity index (χ2v) is 4.44. The van der Waals surface area contributed by atoms with E-state index in [1.165, 1.54) is 0 Å². The molecule has 0 aromatic carbocycles. The Morgan fingerprint density at radius 2 is 2.12 bits per heavy atom. The molecule has 1 heterocycles. The van der Waals surface area contributed by atoms with E-state index in [0.29, 0.717) is 6.32 Å². The van der Waals surface area contributed by atoms with Crippen LogP contribution in [0.4, 0.5) is 0 Å². The van der Waals surface area contributed by atoms with Crippen molar-refractivity contribution < 1.29 is 19.9 Å². The smallest absolute Gasteiger partial charge is 0.451 e. The molecule has 0 aromatic heterocycles. The van der Waals surface area contributed by atoms with Crippen LogP contribution in [0.15, 0.2) is 0 Å². The fraction of sp³-hybridized carbons (Fsp3) is 0.900. The lowest BCUT2D eigenvalue weighted by Crippen LogP contribution is -2.46. The molecule has 0 spiro atoms. The number of carboxylic acids is 1. The Bertz CT molecular complexity index is 225. The summed E-state index contributed by atoms with van der Waals surface area (Å²) in [6, 6.07) is -0.423. The van der Waals surface area contributed by atoms with Crippen molar-refractivity contribution in [1.29, 1.82) is 0 Å². The number of piperidine rings is 1. The SMILES string of the molecule is O=C(O)[C@H]1NCCC[C@H]1CCCCB(O)O. The minimum Gasteiger partial charge on any atom is -0.480 e. The highest BCUT2D eigenvalue weighted by Gasteiger charge is 2.29. The van der Waals surface area contributed by atoms with Crippen LogP contribution in [-0.2, 0) is 4.79 Å². The molecule has 5 nitrogen and oxygen atoms in total.